The van der Waals surface area contributed by atoms with Crippen LogP contribution in [-0.4, -0.2) is 25.2 Å². The van der Waals surface area contributed by atoms with Gasteiger partial charge in [-0.2, -0.15) is 0 Å². The molecule has 1 fully saturated rings. The van der Waals surface area contributed by atoms with Crippen molar-refractivity contribution in [2.45, 2.75) is 32.4 Å². The number of rotatable bonds is 7. The molecule has 2 N–H and O–H groups in total. The molecule has 108 valence electrons. The van der Waals surface area contributed by atoms with Gasteiger partial charge in [0.1, 0.15) is 12.4 Å². The summed E-state index contributed by atoms with van der Waals surface area (Å²) in [5, 5.41) is 6.68. The number of ether oxygens (including phenoxy) is 1. The van der Waals surface area contributed by atoms with Crippen molar-refractivity contribution in [2.24, 2.45) is 4.99 Å². The molecule has 0 aliphatic heterocycles. The van der Waals surface area contributed by atoms with Gasteiger partial charge in [0.15, 0.2) is 5.96 Å². The summed E-state index contributed by atoms with van der Waals surface area (Å²) < 4.78 is 5.64. The Morgan fingerprint density at radius 2 is 2.25 bits per heavy atom. The lowest BCUT2D eigenvalue weighted by atomic mass is 10.2. The Hall–Kier alpha value is -1.97. The molecule has 0 atom stereocenters. The van der Waals surface area contributed by atoms with Gasteiger partial charge in [0.25, 0.3) is 0 Å². The van der Waals surface area contributed by atoms with E-state index >= 15 is 0 Å². The van der Waals surface area contributed by atoms with E-state index in [-0.39, 0.29) is 0 Å². The van der Waals surface area contributed by atoms with Crippen LogP contribution < -0.4 is 15.4 Å². The number of nitrogens with zero attached hydrogens (tertiary/aromatic N) is 1. The molecule has 0 aromatic heterocycles. The summed E-state index contributed by atoms with van der Waals surface area (Å²) in [6.45, 7) is 7.74. The predicted molar refractivity (Wildman–Crippen MR) is 83.1 cm³/mol. The van der Waals surface area contributed by atoms with Crippen molar-refractivity contribution in [3.8, 4) is 5.75 Å². The Morgan fingerprint density at radius 3 is 2.95 bits per heavy atom. The summed E-state index contributed by atoms with van der Waals surface area (Å²) in [6, 6.07) is 8.59. The molecule has 20 heavy (non-hydrogen) atoms. The minimum absolute atomic E-state index is 0.515. The maximum atomic E-state index is 5.64. The highest BCUT2D eigenvalue weighted by Gasteiger charge is 2.22. The van der Waals surface area contributed by atoms with Gasteiger partial charge in [0.2, 0.25) is 0 Å². The van der Waals surface area contributed by atoms with Crippen molar-refractivity contribution >= 4 is 5.96 Å². The highest BCUT2D eigenvalue weighted by molar-refractivity contribution is 5.80. The first-order valence-electron chi connectivity index (χ1n) is 7.20. The lowest BCUT2D eigenvalue weighted by molar-refractivity contribution is 0.359. The summed E-state index contributed by atoms with van der Waals surface area (Å²) in [5.41, 5.74) is 1.09. The Kier molecular flexibility index (Phi) is 5.47. The van der Waals surface area contributed by atoms with E-state index in [0.717, 1.165) is 23.8 Å². The summed E-state index contributed by atoms with van der Waals surface area (Å²) in [4.78, 5) is 4.62. The minimum atomic E-state index is 0.515. The maximum absolute atomic E-state index is 5.64. The lowest BCUT2D eigenvalue weighted by Crippen LogP contribution is -2.38. The average molecular weight is 273 g/mol. The Balaban J connectivity index is 2.00. The van der Waals surface area contributed by atoms with E-state index in [0.29, 0.717) is 19.2 Å². The molecule has 2 rings (SSSR count). The van der Waals surface area contributed by atoms with E-state index in [9.17, 15) is 0 Å². The van der Waals surface area contributed by atoms with Gasteiger partial charge in [-0.15, -0.1) is 0 Å². The SMILES string of the molecule is C=CCOc1ccccc1CN=C(NCC)NC1CC1. The van der Waals surface area contributed by atoms with Crippen LogP contribution in [0.25, 0.3) is 0 Å². The molecular formula is C16H23N3O. The monoisotopic (exact) mass is 273 g/mol. The normalized spacial score (nSPS) is 14.8. The van der Waals surface area contributed by atoms with E-state index in [4.69, 9.17) is 4.74 Å². The van der Waals surface area contributed by atoms with Crippen LogP contribution in [0.2, 0.25) is 0 Å². The third kappa shape index (κ3) is 4.61. The largest absolute Gasteiger partial charge is 0.489 e. The van der Waals surface area contributed by atoms with Gasteiger partial charge in [-0.05, 0) is 25.8 Å². The number of nitrogens with one attached hydrogen (secondary N) is 2. The van der Waals surface area contributed by atoms with Crippen molar-refractivity contribution in [3.05, 3.63) is 42.5 Å². The van der Waals surface area contributed by atoms with Crippen LogP contribution in [0.5, 0.6) is 5.75 Å². The summed E-state index contributed by atoms with van der Waals surface area (Å²) in [6.07, 6.45) is 4.23. The van der Waals surface area contributed by atoms with Crippen LogP contribution in [0, 0.1) is 0 Å². The molecule has 4 nitrogen and oxygen atoms in total. The number of para-hydroxylation sites is 1. The molecule has 1 aliphatic carbocycles. The molecule has 0 saturated heterocycles. The Labute approximate surface area is 120 Å². The zero-order valence-electron chi connectivity index (χ0n) is 12.1. The fourth-order valence-corrected chi connectivity index (χ4v) is 1.83. The van der Waals surface area contributed by atoms with Crippen molar-refractivity contribution in [1.82, 2.24) is 10.6 Å². The van der Waals surface area contributed by atoms with Crippen LogP contribution in [0.4, 0.5) is 0 Å². The Morgan fingerprint density at radius 1 is 1.45 bits per heavy atom. The second kappa shape index (κ2) is 7.58. The molecule has 0 bridgehead atoms. The number of benzene rings is 1. The summed E-state index contributed by atoms with van der Waals surface area (Å²) in [7, 11) is 0. The van der Waals surface area contributed by atoms with E-state index in [1.165, 1.54) is 12.8 Å². The molecule has 1 saturated carbocycles. The topological polar surface area (TPSA) is 45.6 Å². The first-order chi connectivity index (χ1) is 9.83. The Bertz CT molecular complexity index is 467. The van der Waals surface area contributed by atoms with Gasteiger partial charge < -0.3 is 15.4 Å². The molecule has 0 spiro atoms. The van der Waals surface area contributed by atoms with Gasteiger partial charge in [0.05, 0.1) is 6.54 Å². The molecule has 4 heteroatoms. The fourth-order valence-electron chi connectivity index (χ4n) is 1.83. The van der Waals surface area contributed by atoms with E-state index in [2.05, 4.69) is 29.1 Å². The summed E-state index contributed by atoms with van der Waals surface area (Å²) >= 11 is 0. The molecule has 0 unspecified atom stereocenters. The smallest absolute Gasteiger partial charge is 0.191 e. The molecule has 0 amide bonds. The zero-order chi connectivity index (χ0) is 14.2. The third-order valence-corrected chi connectivity index (χ3v) is 3.00. The molecular weight excluding hydrogens is 250 g/mol. The van der Waals surface area contributed by atoms with Gasteiger partial charge in [-0.1, -0.05) is 30.9 Å². The lowest BCUT2D eigenvalue weighted by Gasteiger charge is -2.12. The van der Waals surface area contributed by atoms with Gasteiger partial charge in [-0.25, -0.2) is 4.99 Å². The first-order valence-corrected chi connectivity index (χ1v) is 7.20. The fraction of sp³-hybridized carbons (Fsp3) is 0.438. The highest BCUT2D eigenvalue weighted by Crippen LogP contribution is 2.20. The van der Waals surface area contributed by atoms with E-state index < -0.39 is 0 Å². The number of guanidine groups is 1. The van der Waals surface area contributed by atoms with Crippen molar-refractivity contribution < 1.29 is 4.74 Å². The van der Waals surface area contributed by atoms with Crippen LogP contribution in [0.3, 0.4) is 0 Å². The second-order valence-electron chi connectivity index (χ2n) is 4.82. The molecule has 1 aromatic rings. The van der Waals surface area contributed by atoms with Crippen LogP contribution >= 0.6 is 0 Å². The number of hydrogen-bond acceptors (Lipinski definition) is 2. The third-order valence-electron chi connectivity index (χ3n) is 3.00. The van der Waals surface area contributed by atoms with E-state index in [1.54, 1.807) is 6.08 Å². The molecule has 0 radical (unpaired) electrons. The van der Waals surface area contributed by atoms with Crippen LogP contribution in [-0.2, 0) is 6.54 Å². The number of hydrogen-bond donors (Lipinski definition) is 2. The van der Waals surface area contributed by atoms with Crippen molar-refractivity contribution in [2.75, 3.05) is 13.2 Å². The minimum Gasteiger partial charge on any atom is -0.489 e. The van der Waals surface area contributed by atoms with Gasteiger partial charge in [0, 0.05) is 18.2 Å². The first kappa shape index (κ1) is 14.4. The summed E-state index contributed by atoms with van der Waals surface area (Å²) in [5.74, 6) is 1.76. The standard InChI is InChI=1S/C16H23N3O/c1-3-11-20-15-8-6-5-7-13(15)12-18-16(17-4-2)19-14-9-10-14/h3,5-8,14H,1,4,9-12H2,2H3,(H2,17,18,19). The molecule has 1 aliphatic rings. The van der Waals surface area contributed by atoms with Crippen LogP contribution in [0.1, 0.15) is 25.3 Å². The zero-order valence-corrected chi connectivity index (χ0v) is 12.1. The second-order valence-corrected chi connectivity index (χ2v) is 4.82. The molecule has 1 aromatic carbocycles. The van der Waals surface area contributed by atoms with Gasteiger partial charge >= 0.3 is 0 Å². The van der Waals surface area contributed by atoms with E-state index in [1.807, 2.05) is 24.3 Å². The highest BCUT2D eigenvalue weighted by atomic mass is 16.5. The molecule has 0 heterocycles. The van der Waals surface area contributed by atoms with Crippen LogP contribution in [0.15, 0.2) is 41.9 Å². The van der Waals surface area contributed by atoms with Crippen molar-refractivity contribution in [3.63, 3.8) is 0 Å². The predicted octanol–water partition coefficient (Wildman–Crippen LogP) is 2.47. The quantitative estimate of drug-likeness (QED) is 0.456. The average Bonchev–Trinajstić information content (AvgIpc) is 3.27. The number of aliphatic imine (C=N–C) groups is 1. The van der Waals surface area contributed by atoms with Gasteiger partial charge in [-0.3, -0.25) is 0 Å². The van der Waals surface area contributed by atoms with Crippen molar-refractivity contribution in [1.29, 1.82) is 0 Å². The maximum Gasteiger partial charge on any atom is 0.191 e.